The van der Waals surface area contributed by atoms with Crippen molar-refractivity contribution in [3.8, 4) is 5.69 Å². The molecular formula is C10H7ClFN3O2. The van der Waals surface area contributed by atoms with Gasteiger partial charge in [-0.25, -0.2) is 18.9 Å². The molecule has 88 valence electrons. The normalized spacial score (nSPS) is 10.5. The molecule has 0 amide bonds. The van der Waals surface area contributed by atoms with E-state index in [4.69, 9.17) is 16.7 Å². The lowest BCUT2D eigenvalue weighted by atomic mass is 10.3. The van der Waals surface area contributed by atoms with Gasteiger partial charge in [0, 0.05) is 5.02 Å². The minimum Gasteiger partial charge on any atom is -0.475 e. The lowest BCUT2D eigenvalue weighted by Gasteiger charge is -2.04. The molecule has 0 unspecified atom stereocenters. The molecule has 0 saturated carbocycles. The number of hydrogen-bond donors (Lipinski definition) is 1. The van der Waals surface area contributed by atoms with Crippen LogP contribution in [0.3, 0.4) is 0 Å². The third-order valence-corrected chi connectivity index (χ3v) is 2.33. The summed E-state index contributed by atoms with van der Waals surface area (Å²) in [5, 5.41) is 12.7. The fraction of sp³-hybridized carbons (Fsp3) is 0.100. The maximum Gasteiger partial charge on any atom is 0.375 e. The van der Waals surface area contributed by atoms with Gasteiger partial charge in [-0.15, -0.1) is 5.10 Å². The Morgan fingerprint density at radius 1 is 1.53 bits per heavy atom. The fourth-order valence-corrected chi connectivity index (χ4v) is 1.52. The standard InChI is InChI=1S/C10H7ClFN3O2/c1-5-13-9(10(16)17)14-15(5)8-3-2-6(11)4-7(8)12/h2-4H,1H3,(H,16,17). The predicted octanol–water partition coefficient (Wildman–Crippen LogP) is 2.07. The molecule has 17 heavy (non-hydrogen) atoms. The lowest BCUT2D eigenvalue weighted by molar-refractivity contribution is 0.0683. The van der Waals surface area contributed by atoms with Crippen molar-refractivity contribution in [2.45, 2.75) is 6.92 Å². The number of aromatic carboxylic acids is 1. The summed E-state index contributed by atoms with van der Waals surface area (Å²) in [4.78, 5) is 14.4. The molecule has 1 N–H and O–H groups in total. The van der Waals surface area contributed by atoms with Gasteiger partial charge in [0.15, 0.2) is 0 Å². The summed E-state index contributed by atoms with van der Waals surface area (Å²) < 4.78 is 14.7. The van der Waals surface area contributed by atoms with Crippen molar-refractivity contribution in [3.05, 3.63) is 40.7 Å². The minimum atomic E-state index is -1.26. The first-order chi connectivity index (χ1) is 7.99. The van der Waals surface area contributed by atoms with Crippen LogP contribution in [0.15, 0.2) is 18.2 Å². The molecule has 0 saturated heterocycles. The van der Waals surface area contributed by atoms with Crippen LogP contribution in [-0.2, 0) is 0 Å². The number of hydrogen-bond acceptors (Lipinski definition) is 3. The van der Waals surface area contributed by atoms with Crippen LogP contribution in [0.4, 0.5) is 4.39 Å². The van der Waals surface area contributed by atoms with E-state index in [9.17, 15) is 9.18 Å². The number of aryl methyl sites for hydroxylation is 1. The molecular weight excluding hydrogens is 249 g/mol. The summed E-state index contributed by atoms with van der Waals surface area (Å²) in [6.45, 7) is 1.54. The zero-order valence-corrected chi connectivity index (χ0v) is 9.44. The summed E-state index contributed by atoms with van der Waals surface area (Å²) in [5.74, 6) is -1.95. The van der Waals surface area contributed by atoms with Crippen LogP contribution < -0.4 is 0 Å². The second kappa shape index (κ2) is 4.14. The Labute approximate surface area is 100 Å². The molecule has 5 nitrogen and oxygen atoms in total. The van der Waals surface area contributed by atoms with E-state index in [-0.39, 0.29) is 22.4 Å². The van der Waals surface area contributed by atoms with E-state index < -0.39 is 11.8 Å². The molecule has 2 rings (SSSR count). The van der Waals surface area contributed by atoms with E-state index in [0.29, 0.717) is 0 Å². The average Bonchev–Trinajstić information content (AvgIpc) is 2.61. The van der Waals surface area contributed by atoms with E-state index in [1.165, 1.54) is 19.1 Å². The van der Waals surface area contributed by atoms with Gasteiger partial charge in [-0.2, -0.15) is 0 Å². The first kappa shape index (κ1) is 11.5. The van der Waals surface area contributed by atoms with Crippen molar-refractivity contribution < 1.29 is 14.3 Å². The van der Waals surface area contributed by atoms with E-state index in [2.05, 4.69) is 10.1 Å². The number of halogens is 2. The van der Waals surface area contributed by atoms with Crippen molar-refractivity contribution in [1.82, 2.24) is 14.8 Å². The van der Waals surface area contributed by atoms with Crippen molar-refractivity contribution in [2.75, 3.05) is 0 Å². The Bertz CT molecular complexity index is 597. The highest BCUT2D eigenvalue weighted by atomic mass is 35.5. The van der Waals surface area contributed by atoms with Crippen LogP contribution in [0.2, 0.25) is 5.02 Å². The molecule has 0 aliphatic rings. The van der Waals surface area contributed by atoms with Crippen molar-refractivity contribution in [3.63, 3.8) is 0 Å². The van der Waals surface area contributed by atoms with Gasteiger partial charge >= 0.3 is 5.97 Å². The van der Waals surface area contributed by atoms with Gasteiger partial charge in [-0.3, -0.25) is 0 Å². The van der Waals surface area contributed by atoms with E-state index in [1.54, 1.807) is 0 Å². The van der Waals surface area contributed by atoms with Gasteiger partial charge in [0.1, 0.15) is 17.3 Å². The van der Waals surface area contributed by atoms with Crippen molar-refractivity contribution >= 4 is 17.6 Å². The highest BCUT2D eigenvalue weighted by Crippen LogP contribution is 2.18. The third-order valence-electron chi connectivity index (χ3n) is 2.10. The van der Waals surface area contributed by atoms with Crippen LogP contribution in [-0.4, -0.2) is 25.8 Å². The predicted molar refractivity (Wildman–Crippen MR) is 58.0 cm³/mol. The van der Waals surface area contributed by atoms with Gasteiger partial charge in [-0.1, -0.05) is 11.6 Å². The summed E-state index contributed by atoms with van der Waals surface area (Å²) in [5.41, 5.74) is 0.104. The Kier molecular flexibility index (Phi) is 2.81. The Morgan fingerprint density at radius 2 is 2.24 bits per heavy atom. The summed E-state index contributed by atoms with van der Waals surface area (Å²) in [6.07, 6.45) is 0. The third kappa shape index (κ3) is 2.12. The molecule has 1 aromatic heterocycles. The van der Waals surface area contributed by atoms with Crippen molar-refractivity contribution in [2.24, 2.45) is 0 Å². The van der Waals surface area contributed by atoms with Gasteiger partial charge in [-0.05, 0) is 25.1 Å². The van der Waals surface area contributed by atoms with Crippen molar-refractivity contribution in [1.29, 1.82) is 0 Å². The quantitative estimate of drug-likeness (QED) is 0.892. The first-order valence-electron chi connectivity index (χ1n) is 4.61. The van der Waals surface area contributed by atoms with Crippen LogP contribution in [0, 0.1) is 12.7 Å². The Hall–Kier alpha value is -1.95. The molecule has 0 fully saturated rings. The van der Waals surface area contributed by atoms with Gasteiger partial charge < -0.3 is 5.11 Å². The molecule has 0 aliphatic carbocycles. The molecule has 0 aliphatic heterocycles. The first-order valence-corrected chi connectivity index (χ1v) is 4.99. The van der Waals surface area contributed by atoms with Crippen LogP contribution in [0.5, 0.6) is 0 Å². The number of carbonyl (C=O) groups is 1. The zero-order valence-electron chi connectivity index (χ0n) is 8.69. The highest BCUT2D eigenvalue weighted by molar-refractivity contribution is 6.30. The van der Waals surface area contributed by atoms with Gasteiger partial charge in [0.2, 0.25) is 0 Å². The topological polar surface area (TPSA) is 68.0 Å². The van der Waals surface area contributed by atoms with Crippen LogP contribution >= 0.6 is 11.6 Å². The van der Waals surface area contributed by atoms with Gasteiger partial charge in [0.25, 0.3) is 5.82 Å². The molecule has 1 heterocycles. The lowest BCUT2D eigenvalue weighted by Crippen LogP contribution is -2.04. The molecule has 0 radical (unpaired) electrons. The summed E-state index contributed by atoms with van der Waals surface area (Å²) in [7, 11) is 0. The number of carboxylic acids is 1. The molecule has 1 aromatic carbocycles. The fourth-order valence-electron chi connectivity index (χ4n) is 1.36. The Balaban J connectivity index is 2.56. The van der Waals surface area contributed by atoms with Gasteiger partial charge in [0.05, 0.1) is 0 Å². The molecule has 0 spiro atoms. The van der Waals surface area contributed by atoms with Crippen LogP contribution in [0.1, 0.15) is 16.4 Å². The maximum absolute atomic E-state index is 13.6. The number of aromatic nitrogens is 3. The average molecular weight is 256 g/mol. The second-order valence-corrected chi connectivity index (χ2v) is 3.73. The van der Waals surface area contributed by atoms with E-state index in [0.717, 1.165) is 10.7 Å². The Morgan fingerprint density at radius 3 is 2.76 bits per heavy atom. The summed E-state index contributed by atoms with van der Waals surface area (Å²) >= 11 is 5.62. The maximum atomic E-state index is 13.6. The smallest absolute Gasteiger partial charge is 0.375 e. The molecule has 2 aromatic rings. The summed E-state index contributed by atoms with van der Waals surface area (Å²) in [6, 6.07) is 4.02. The molecule has 7 heteroatoms. The number of rotatable bonds is 2. The molecule has 0 atom stereocenters. The largest absolute Gasteiger partial charge is 0.475 e. The van der Waals surface area contributed by atoms with E-state index in [1.807, 2.05) is 0 Å². The minimum absolute atomic E-state index is 0.104. The monoisotopic (exact) mass is 255 g/mol. The van der Waals surface area contributed by atoms with E-state index >= 15 is 0 Å². The van der Waals surface area contributed by atoms with Crippen LogP contribution in [0.25, 0.3) is 5.69 Å². The highest BCUT2D eigenvalue weighted by Gasteiger charge is 2.15. The molecule has 0 bridgehead atoms. The number of benzene rings is 1. The number of carboxylic acid groups (broad SMARTS) is 1. The number of nitrogens with zero attached hydrogens (tertiary/aromatic N) is 3. The zero-order chi connectivity index (χ0) is 12.6. The SMILES string of the molecule is Cc1nc(C(=O)O)nn1-c1ccc(Cl)cc1F. The second-order valence-electron chi connectivity index (χ2n) is 3.30.